The third-order valence-corrected chi connectivity index (χ3v) is 2.21. The van der Waals surface area contributed by atoms with Crippen molar-refractivity contribution in [2.24, 2.45) is 0 Å². The third kappa shape index (κ3) is 3.07. The zero-order valence-corrected chi connectivity index (χ0v) is 9.42. The summed E-state index contributed by atoms with van der Waals surface area (Å²) in [7, 11) is 0. The number of carbonyl (C=O) groups excluding carboxylic acids is 1. The summed E-state index contributed by atoms with van der Waals surface area (Å²) in [5, 5.41) is 2.77. The number of hydrogen-bond acceptors (Lipinski definition) is 4. The Morgan fingerprint density at radius 2 is 2.29 bits per heavy atom. The fraction of sp³-hybridized carbons (Fsp3) is 0.167. The number of aromatic nitrogens is 3. The van der Waals surface area contributed by atoms with E-state index in [0.29, 0.717) is 12.2 Å². The van der Waals surface area contributed by atoms with Crippen LogP contribution in [0.2, 0.25) is 0 Å². The van der Waals surface area contributed by atoms with Crippen LogP contribution >= 0.6 is 0 Å². The van der Waals surface area contributed by atoms with Gasteiger partial charge in [0.15, 0.2) is 0 Å². The van der Waals surface area contributed by atoms with Crippen molar-refractivity contribution in [2.45, 2.75) is 13.5 Å². The van der Waals surface area contributed by atoms with Crippen molar-refractivity contribution in [1.82, 2.24) is 20.3 Å². The van der Waals surface area contributed by atoms with Crippen LogP contribution in [0, 0.1) is 6.92 Å². The van der Waals surface area contributed by atoms with Gasteiger partial charge in [-0.05, 0) is 24.6 Å². The fourth-order valence-corrected chi connectivity index (χ4v) is 1.35. The van der Waals surface area contributed by atoms with Gasteiger partial charge in [0, 0.05) is 24.6 Å². The SMILES string of the molecule is Cc1cc(C(=O)NCc2cccnc2)ncn1. The molecule has 0 radical (unpaired) electrons. The number of hydrogen-bond donors (Lipinski definition) is 1. The Labute approximate surface area is 99.0 Å². The van der Waals surface area contributed by atoms with Gasteiger partial charge in [0.2, 0.25) is 0 Å². The molecule has 0 aromatic carbocycles. The maximum atomic E-state index is 11.7. The molecule has 2 heterocycles. The first-order valence-corrected chi connectivity index (χ1v) is 5.21. The van der Waals surface area contributed by atoms with E-state index in [4.69, 9.17) is 0 Å². The highest BCUT2D eigenvalue weighted by Gasteiger charge is 2.06. The Hall–Kier alpha value is -2.30. The molecule has 0 spiro atoms. The Morgan fingerprint density at radius 1 is 1.41 bits per heavy atom. The summed E-state index contributed by atoms with van der Waals surface area (Å²) in [6, 6.07) is 5.38. The molecular formula is C12H12N4O. The molecule has 1 amide bonds. The molecule has 5 nitrogen and oxygen atoms in total. The first-order valence-electron chi connectivity index (χ1n) is 5.21. The number of pyridine rings is 1. The monoisotopic (exact) mass is 228 g/mol. The van der Waals surface area contributed by atoms with Crippen LogP contribution in [0.25, 0.3) is 0 Å². The Balaban J connectivity index is 1.98. The Morgan fingerprint density at radius 3 is 3.00 bits per heavy atom. The Bertz CT molecular complexity index is 513. The predicted molar refractivity (Wildman–Crippen MR) is 62.2 cm³/mol. The molecule has 2 aromatic heterocycles. The molecule has 0 aliphatic rings. The van der Waals surface area contributed by atoms with E-state index in [1.54, 1.807) is 18.5 Å². The van der Waals surface area contributed by atoms with E-state index in [0.717, 1.165) is 11.3 Å². The van der Waals surface area contributed by atoms with E-state index in [-0.39, 0.29) is 5.91 Å². The average molecular weight is 228 g/mol. The van der Waals surface area contributed by atoms with E-state index < -0.39 is 0 Å². The second kappa shape index (κ2) is 5.16. The highest BCUT2D eigenvalue weighted by atomic mass is 16.1. The summed E-state index contributed by atoms with van der Waals surface area (Å²) in [6.07, 6.45) is 4.79. The molecule has 0 aliphatic carbocycles. The van der Waals surface area contributed by atoms with Crippen LogP contribution in [-0.2, 0) is 6.54 Å². The van der Waals surface area contributed by atoms with Gasteiger partial charge >= 0.3 is 0 Å². The molecule has 1 N–H and O–H groups in total. The van der Waals surface area contributed by atoms with E-state index in [9.17, 15) is 4.79 Å². The van der Waals surface area contributed by atoms with Crippen LogP contribution in [0.4, 0.5) is 0 Å². The lowest BCUT2D eigenvalue weighted by Gasteiger charge is -2.04. The summed E-state index contributed by atoms with van der Waals surface area (Å²) in [6.45, 7) is 2.26. The van der Waals surface area contributed by atoms with E-state index in [2.05, 4.69) is 20.3 Å². The highest BCUT2D eigenvalue weighted by Crippen LogP contribution is 1.98. The number of aryl methyl sites for hydroxylation is 1. The molecule has 2 rings (SSSR count). The molecule has 5 heteroatoms. The van der Waals surface area contributed by atoms with Gasteiger partial charge in [0.1, 0.15) is 12.0 Å². The van der Waals surface area contributed by atoms with E-state index in [1.165, 1.54) is 6.33 Å². The number of rotatable bonds is 3. The molecule has 86 valence electrons. The first kappa shape index (κ1) is 11.2. The van der Waals surface area contributed by atoms with Gasteiger partial charge in [0.25, 0.3) is 5.91 Å². The van der Waals surface area contributed by atoms with Crippen molar-refractivity contribution in [2.75, 3.05) is 0 Å². The largest absolute Gasteiger partial charge is 0.347 e. The zero-order chi connectivity index (χ0) is 12.1. The lowest BCUT2D eigenvalue weighted by Crippen LogP contribution is -2.24. The van der Waals surface area contributed by atoms with Crippen LogP contribution in [0.1, 0.15) is 21.7 Å². The summed E-state index contributed by atoms with van der Waals surface area (Å²) in [5.74, 6) is -0.209. The van der Waals surface area contributed by atoms with Crippen molar-refractivity contribution < 1.29 is 4.79 Å². The van der Waals surface area contributed by atoms with Crippen LogP contribution in [-0.4, -0.2) is 20.9 Å². The van der Waals surface area contributed by atoms with Gasteiger partial charge in [-0.15, -0.1) is 0 Å². The highest BCUT2D eigenvalue weighted by molar-refractivity contribution is 5.92. The normalized spacial score (nSPS) is 9.94. The van der Waals surface area contributed by atoms with Gasteiger partial charge in [-0.2, -0.15) is 0 Å². The van der Waals surface area contributed by atoms with Crippen molar-refractivity contribution in [1.29, 1.82) is 0 Å². The van der Waals surface area contributed by atoms with Gasteiger partial charge < -0.3 is 5.32 Å². The van der Waals surface area contributed by atoms with E-state index in [1.807, 2.05) is 19.1 Å². The minimum atomic E-state index is -0.209. The van der Waals surface area contributed by atoms with Crippen LogP contribution < -0.4 is 5.32 Å². The lowest BCUT2D eigenvalue weighted by molar-refractivity contribution is 0.0945. The number of nitrogens with zero attached hydrogens (tertiary/aromatic N) is 3. The van der Waals surface area contributed by atoms with Gasteiger partial charge in [-0.25, -0.2) is 9.97 Å². The maximum Gasteiger partial charge on any atom is 0.270 e. The average Bonchev–Trinajstić information content (AvgIpc) is 2.37. The number of amides is 1. The van der Waals surface area contributed by atoms with Crippen molar-refractivity contribution in [3.05, 3.63) is 53.9 Å². The van der Waals surface area contributed by atoms with Crippen molar-refractivity contribution in [3.63, 3.8) is 0 Å². The minimum absolute atomic E-state index is 0.209. The molecular weight excluding hydrogens is 216 g/mol. The molecule has 0 atom stereocenters. The molecule has 2 aromatic rings. The van der Waals surface area contributed by atoms with Gasteiger partial charge in [-0.1, -0.05) is 6.07 Å². The second-order valence-corrected chi connectivity index (χ2v) is 3.59. The van der Waals surface area contributed by atoms with Crippen LogP contribution in [0.5, 0.6) is 0 Å². The number of carbonyl (C=O) groups is 1. The van der Waals surface area contributed by atoms with E-state index >= 15 is 0 Å². The van der Waals surface area contributed by atoms with Gasteiger partial charge in [-0.3, -0.25) is 9.78 Å². The topological polar surface area (TPSA) is 67.8 Å². The fourth-order valence-electron chi connectivity index (χ4n) is 1.35. The second-order valence-electron chi connectivity index (χ2n) is 3.59. The van der Waals surface area contributed by atoms with Crippen molar-refractivity contribution in [3.8, 4) is 0 Å². The quantitative estimate of drug-likeness (QED) is 0.854. The molecule has 0 saturated carbocycles. The molecule has 0 saturated heterocycles. The zero-order valence-electron chi connectivity index (χ0n) is 9.42. The molecule has 0 bridgehead atoms. The molecule has 17 heavy (non-hydrogen) atoms. The summed E-state index contributed by atoms with van der Waals surface area (Å²) in [4.78, 5) is 23.6. The molecule has 0 fully saturated rings. The first-order chi connectivity index (χ1) is 8.25. The summed E-state index contributed by atoms with van der Waals surface area (Å²) >= 11 is 0. The lowest BCUT2D eigenvalue weighted by atomic mass is 10.2. The molecule has 0 aliphatic heterocycles. The summed E-state index contributed by atoms with van der Waals surface area (Å²) < 4.78 is 0. The predicted octanol–water partition coefficient (Wildman–Crippen LogP) is 1.11. The van der Waals surface area contributed by atoms with Crippen LogP contribution in [0.15, 0.2) is 36.9 Å². The van der Waals surface area contributed by atoms with Gasteiger partial charge in [0.05, 0.1) is 0 Å². The maximum absolute atomic E-state index is 11.7. The standard InChI is InChI=1S/C12H12N4O/c1-9-5-11(16-8-15-9)12(17)14-7-10-3-2-4-13-6-10/h2-6,8H,7H2,1H3,(H,14,17). The third-order valence-electron chi connectivity index (χ3n) is 2.21. The Kier molecular flexibility index (Phi) is 3.40. The van der Waals surface area contributed by atoms with Crippen LogP contribution in [0.3, 0.4) is 0 Å². The minimum Gasteiger partial charge on any atom is -0.347 e. The summed E-state index contributed by atoms with van der Waals surface area (Å²) in [5.41, 5.74) is 2.10. The number of nitrogens with one attached hydrogen (secondary N) is 1. The van der Waals surface area contributed by atoms with Crippen molar-refractivity contribution >= 4 is 5.91 Å². The molecule has 0 unspecified atom stereocenters. The smallest absolute Gasteiger partial charge is 0.270 e.